The Balaban J connectivity index is 1.68. The molecule has 1 aromatic rings. The average Bonchev–Trinajstić information content (AvgIpc) is 2.94. The highest BCUT2D eigenvalue weighted by molar-refractivity contribution is 6.32. The normalized spacial score (nSPS) is 32.7. The lowest BCUT2D eigenvalue weighted by Crippen LogP contribution is -2.30. The van der Waals surface area contributed by atoms with Crippen molar-refractivity contribution in [2.45, 2.75) is 38.6 Å². The quantitative estimate of drug-likeness (QED) is 0.878. The van der Waals surface area contributed by atoms with Crippen LogP contribution in [-0.2, 0) is 0 Å². The number of nitrogens with one attached hydrogen (secondary N) is 1. The van der Waals surface area contributed by atoms with Crippen LogP contribution in [0.25, 0.3) is 0 Å². The fourth-order valence-electron chi connectivity index (χ4n) is 3.72. The van der Waals surface area contributed by atoms with Gasteiger partial charge in [-0.1, -0.05) is 18.0 Å². The van der Waals surface area contributed by atoms with Gasteiger partial charge in [-0.2, -0.15) is 0 Å². The Labute approximate surface area is 108 Å². The van der Waals surface area contributed by atoms with Gasteiger partial charge in [-0.05, 0) is 56.1 Å². The third-order valence-corrected chi connectivity index (χ3v) is 4.86. The minimum absolute atomic E-state index is 0.484. The van der Waals surface area contributed by atoms with Crippen molar-refractivity contribution in [1.82, 2.24) is 4.98 Å². The van der Waals surface area contributed by atoms with Crippen molar-refractivity contribution < 1.29 is 0 Å². The van der Waals surface area contributed by atoms with Gasteiger partial charge in [-0.25, -0.2) is 4.98 Å². The molecule has 1 heterocycles. The Bertz CT molecular complexity index is 407. The first-order valence-electron chi connectivity index (χ1n) is 6.61. The molecule has 2 nitrogen and oxygen atoms in total. The number of aromatic nitrogens is 1. The molecule has 3 heteroatoms. The second-order valence-corrected chi connectivity index (χ2v) is 6.01. The smallest absolute Gasteiger partial charge is 0.144 e. The molecule has 0 amide bonds. The third kappa shape index (κ3) is 2.15. The molecule has 4 atom stereocenters. The Kier molecular flexibility index (Phi) is 2.99. The van der Waals surface area contributed by atoms with E-state index in [4.69, 9.17) is 11.6 Å². The van der Waals surface area contributed by atoms with Gasteiger partial charge in [0.2, 0.25) is 0 Å². The summed E-state index contributed by atoms with van der Waals surface area (Å²) in [5.41, 5.74) is 0. The van der Waals surface area contributed by atoms with Crippen LogP contribution in [0.15, 0.2) is 18.3 Å². The molecule has 17 heavy (non-hydrogen) atoms. The lowest BCUT2D eigenvalue weighted by atomic mass is 9.84. The molecule has 4 unspecified atom stereocenters. The minimum Gasteiger partial charge on any atom is -0.366 e. The fraction of sp³-hybridized carbons (Fsp3) is 0.643. The van der Waals surface area contributed by atoms with Crippen molar-refractivity contribution in [1.29, 1.82) is 0 Å². The molecule has 2 aliphatic rings. The molecule has 3 rings (SSSR count). The van der Waals surface area contributed by atoms with Crippen LogP contribution in [0.2, 0.25) is 5.02 Å². The number of rotatable bonds is 3. The molecule has 1 N–H and O–H groups in total. The van der Waals surface area contributed by atoms with Crippen molar-refractivity contribution in [3.63, 3.8) is 0 Å². The van der Waals surface area contributed by atoms with Crippen LogP contribution in [0.1, 0.15) is 32.6 Å². The van der Waals surface area contributed by atoms with E-state index in [0.717, 1.165) is 28.6 Å². The van der Waals surface area contributed by atoms with Gasteiger partial charge < -0.3 is 5.32 Å². The Hall–Kier alpha value is -0.760. The van der Waals surface area contributed by atoms with E-state index in [1.807, 2.05) is 12.1 Å². The number of hydrogen-bond donors (Lipinski definition) is 1. The van der Waals surface area contributed by atoms with Gasteiger partial charge in [0.05, 0.1) is 5.02 Å². The van der Waals surface area contributed by atoms with Gasteiger partial charge in [-0.15, -0.1) is 0 Å². The number of halogens is 1. The zero-order valence-corrected chi connectivity index (χ0v) is 11.0. The molecule has 2 aliphatic carbocycles. The summed E-state index contributed by atoms with van der Waals surface area (Å²) in [5.74, 6) is 3.58. The predicted molar refractivity (Wildman–Crippen MR) is 71.3 cm³/mol. The molecule has 0 spiro atoms. The molecule has 0 saturated heterocycles. The molecule has 1 aromatic heterocycles. The maximum Gasteiger partial charge on any atom is 0.144 e. The summed E-state index contributed by atoms with van der Waals surface area (Å²) in [5, 5.41) is 4.22. The van der Waals surface area contributed by atoms with Gasteiger partial charge in [0, 0.05) is 12.2 Å². The minimum atomic E-state index is 0.484. The third-order valence-electron chi connectivity index (χ3n) is 4.56. The highest BCUT2D eigenvalue weighted by Crippen LogP contribution is 2.49. The van der Waals surface area contributed by atoms with Crippen molar-refractivity contribution in [3.05, 3.63) is 23.4 Å². The number of pyridine rings is 1. The van der Waals surface area contributed by atoms with E-state index >= 15 is 0 Å². The summed E-state index contributed by atoms with van der Waals surface area (Å²) in [6.07, 6.45) is 7.52. The lowest BCUT2D eigenvalue weighted by Gasteiger charge is -2.29. The van der Waals surface area contributed by atoms with E-state index in [-0.39, 0.29) is 0 Å². The van der Waals surface area contributed by atoms with E-state index in [1.165, 1.54) is 25.7 Å². The Morgan fingerprint density at radius 3 is 2.94 bits per heavy atom. The molecule has 2 bridgehead atoms. The van der Waals surface area contributed by atoms with E-state index in [0.29, 0.717) is 6.04 Å². The second-order valence-electron chi connectivity index (χ2n) is 5.61. The van der Waals surface area contributed by atoms with Crippen LogP contribution in [0, 0.1) is 17.8 Å². The summed E-state index contributed by atoms with van der Waals surface area (Å²) in [4.78, 5) is 4.31. The second kappa shape index (κ2) is 4.49. The standard InChI is InChI=1S/C14H19ClN2/c1-9(12-8-10-4-5-11(12)7-10)17-14-13(15)3-2-6-16-14/h2-3,6,9-12H,4-5,7-8H2,1H3,(H,16,17). The molecular formula is C14H19ClN2. The zero-order valence-electron chi connectivity index (χ0n) is 10.2. The van der Waals surface area contributed by atoms with Crippen molar-refractivity contribution in [2.24, 2.45) is 17.8 Å². The highest BCUT2D eigenvalue weighted by Gasteiger charge is 2.41. The van der Waals surface area contributed by atoms with Crippen molar-refractivity contribution in [2.75, 3.05) is 5.32 Å². The molecule has 0 radical (unpaired) electrons. The van der Waals surface area contributed by atoms with E-state index in [9.17, 15) is 0 Å². The molecule has 2 fully saturated rings. The molecule has 0 aromatic carbocycles. The van der Waals surface area contributed by atoms with Crippen molar-refractivity contribution >= 4 is 17.4 Å². The molecule has 2 saturated carbocycles. The number of nitrogens with zero attached hydrogens (tertiary/aromatic N) is 1. The van der Waals surface area contributed by atoms with Gasteiger partial charge in [-0.3, -0.25) is 0 Å². The number of fused-ring (bicyclic) bond motifs is 2. The first-order chi connectivity index (χ1) is 8.24. The molecule has 0 aliphatic heterocycles. The topological polar surface area (TPSA) is 24.9 Å². The zero-order chi connectivity index (χ0) is 11.8. The number of hydrogen-bond acceptors (Lipinski definition) is 2. The molecular weight excluding hydrogens is 232 g/mol. The first-order valence-corrected chi connectivity index (χ1v) is 6.99. The molecule has 92 valence electrons. The Morgan fingerprint density at radius 2 is 2.29 bits per heavy atom. The maximum absolute atomic E-state index is 6.13. The monoisotopic (exact) mass is 250 g/mol. The van der Waals surface area contributed by atoms with E-state index in [2.05, 4.69) is 17.2 Å². The van der Waals surface area contributed by atoms with Crippen LogP contribution in [-0.4, -0.2) is 11.0 Å². The van der Waals surface area contributed by atoms with Crippen LogP contribution in [0.5, 0.6) is 0 Å². The van der Waals surface area contributed by atoms with Crippen LogP contribution >= 0.6 is 11.6 Å². The fourth-order valence-corrected chi connectivity index (χ4v) is 3.90. The van der Waals surface area contributed by atoms with Gasteiger partial charge in [0.25, 0.3) is 0 Å². The SMILES string of the molecule is CC(Nc1ncccc1Cl)C1CC2CCC1C2. The summed E-state index contributed by atoms with van der Waals surface area (Å²) in [6.45, 7) is 2.27. The van der Waals surface area contributed by atoms with Gasteiger partial charge >= 0.3 is 0 Å². The van der Waals surface area contributed by atoms with E-state index in [1.54, 1.807) is 6.20 Å². The van der Waals surface area contributed by atoms with Gasteiger partial charge in [0.1, 0.15) is 5.82 Å². The van der Waals surface area contributed by atoms with Gasteiger partial charge in [0.15, 0.2) is 0 Å². The lowest BCUT2D eigenvalue weighted by molar-refractivity contribution is 0.304. The van der Waals surface area contributed by atoms with Crippen LogP contribution < -0.4 is 5.32 Å². The maximum atomic E-state index is 6.13. The van der Waals surface area contributed by atoms with E-state index < -0.39 is 0 Å². The van der Waals surface area contributed by atoms with Crippen molar-refractivity contribution in [3.8, 4) is 0 Å². The Morgan fingerprint density at radius 1 is 1.41 bits per heavy atom. The summed E-state index contributed by atoms with van der Waals surface area (Å²) < 4.78 is 0. The summed E-state index contributed by atoms with van der Waals surface area (Å²) >= 11 is 6.13. The summed E-state index contributed by atoms with van der Waals surface area (Å²) in [7, 11) is 0. The average molecular weight is 251 g/mol. The largest absolute Gasteiger partial charge is 0.366 e. The number of anilines is 1. The predicted octanol–water partition coefficient (Wildman–Crippen LogP) is 3.97. The first kappa shape index (κ1) is 11.3. The summed E-state index contributed by atoms with van der Waals surface area (Å²) in [6, 6.07) is 4.25. The highest BCUT2D eigenvalue weighted by atomic mass is 35.5. The van der Waals surface area contributed by atoms with Crippen LogP contribution in [0.4, 0.5) is 5.82 Å². The van der Waals surface area contributed by atoms with Crippen LogP contribution in [0.3, 0.4) is 0 Å².